The van der Waals surface area contributed by atoms with Crippen LogP contribution in [0.2, 0.25) is 0 Å². The predicted molar refractivity (Wildman–Crippen MR) is 121 cm³/mol. The van der Waals surface area contributed by atoms with Crippen LogP contribution < -0.4 is 10.2 Å². The molecule has 3 nitrogen and oxygen atoms in total. The second-order valence-electron chi connectivity index (χ2n) is 7.48. The molecule has 0 spiro atoms. The van der Waals surface area contributed by atoms with E-state index in [1.165, 1.54) is 11.3 Å². The fourth-order valence-electron chi connectivity index (χ4n) is 3.59. The molecule has 0 saturated carbocycles. The average Bonchev–Trinajstić information content (AvgIpc) is 2.88. The highest BCUT2D eigenvalue weighted by molar-refractivity contribution is 6.14. The highest BCUT2D eigenvalue weighted by Gasteiger charge is 2.14. The van der Waals surface area contributed by atoms with Crippen molar-refractivity contribution < 1.29 is 0 Å². The number of nitrogens with one attached hydrogen (secondary N) is 1. The molecule has 2 aliphatic rings. The summed E-state index contributed by atoms with van der Waals surface area (Å²) in [7, 11) is 2.13. The molecule has 1 aliphatic carbocycles. The number of benzene rings is 2. The quantitative estimate of drug-likeness (QED) is 0.767. The Morgan fingerprint density at radius 1 is 1.07 bits per heavy atom. The first-order valence-electron chi connectivity index (χ1n) is 9.98. The largest absolute Gasteiger partial charge is 0.372 e. The molecule has 142 valence electrons. The first-order chi connectivity index (χ1) is 13.7. The average molecular weight is 370 g/mol. The van der Waals surface area contributed by atoms with Gasteiger partial charge in [0.2, 0.25) is 0 Å². The molecule has 0 radical (unpaired) electrons. The molecule has 1 N–H and O–H groups in total. The van der Waals surface area contributed by atoms with E-state index in [1.807, 2.05) is 0 Å². The number of anilines is 2. The Morgan fingerprint density at radius 3 is 2.75 bits per heavy atom. The van der Waals surface area contributed by atoms with Gasteiger partial charge in [-0.3, -0.25) is 4.99 Å². The smallest absolute Gasteiger partial charge is 0.0668 e. The molecule has 3 heteroatoms. The van der Waals surface area contributed by atoms with E-state index in [-0.39, 0.29) is 0 Å². The van der Waals surface area contributed by atoms with Gasteiger partial charge in [0.05, 0.1) is 12.3 Å². The van der Waals surface area contributed by atoms with Crippen molar-refractivity contribution in [2.45, 2.75) is 13.3 Å². The molecule has 1 atom stereocenters. The van der Waals surface area contributed by atoms with Crippen molar-refractivity contribution in [2.75, 3.05) is 30.4 Å². The van der Waals surface area contributed by atoms with Crippen molar-refractivity contribution in [1.29, 1.82) is 0 Å². The van der Waals surface area contributed by atoms with Gasteiger partial charge in [-0.15, -0.1) is 0 Å². The van der Waals surface area contributed by atoms with Gasteiger partial charge in [-0.1, -0.05) is 61.5 Å². The fourth-order valence-corrected chi connectivity index (χ4v) is 3.59. The number of allylic oxidation sites excluding steroid dienone is 4. The number of likely N-dealkylation sites (N-methyl/N-ethyl adjacent to an activating group) is 1. The number of benzodiazepines with no additional fused rings is 1. The van der Waals surface area contributed by atoms with Crippen molar-refractivity contribution >= 4 is 23.2 Å². The molecule has 2 aromatic carbocycles. The van der Waals surface area contributed by atoms with Crippen LogP contribution in [0.1, 0.15) is 24.5 Å². The number of fused-ring (bicyclic) bond motifs is 1. The van der Waals surface area contributed by atoms with E-state index in [2.05, 4.69) is 103 Å². The lowest BCUT2D eigenvalue weighted by molar-refractivity contribution is 0.731. The van der Waals surface area contributed by atoms with E-state index < -0.39 is 0 Å². The van der Waals surface area contributed by atoms with Crippen LogP contribution in [0.3, 0.4) is 0 Å². The zero-order chi connectivity index (χ0) is 19.3. The van der Waals surface area contributed by atoms with E-state index in [1.54, 1.807) is 0 Å². The molecule has 1 aliphatic heterocycles. The Balaban J connectivity index is 1.60. The molecule has 2 aromatic rings. The van der Waals surface area contributed by atoms with E-state index in [4.69, 9.17) is 4.99 Å². The Morgan fingerprint density at radius 2 is 1.89 bits per heavy atom. The van der Waals surface area contributed by atoms with Crippen LogP contribution in [0.25, 0.3) is 6.08 Å². The summed E-state index contributed by atoms with van der Waals surface area (Å²) in [5.74, 6) is 0.618. The number of hydrogen-bond acceptors (Lipinski definition) is 3. The summed E-state index contributed by atoms with van der Waals surface area (Å²) in [5.41, 5.74) is 6.91. The second kappa shape index (κ2) is 8.30. The van der Waals surface area contributed by atoms with Gasteiger partial charge in [-0.05, 0) is 42.2 Å². The molecule has 0 saturated heterocycles. The van der Waals surface area contributed by atoms with Crippen molar-refractivity contribution in [3.05, 3.63) is 89.7 Å². The van der Waals surface area contributed by atoms with E-state index in [0.717, 1.165) is 42.2 Å². The Bertz CT molecular complexity index is 965. The number of nitrogens with zero attached hydrogens (tertiary/aromatic N) is 2. The third kappa shape index (κ3) is 4.09. The van der Waals surface area contributed by atoms with E-state index >= 15 is 0 Å². The molecule has 1 heterocycles. The van der Waals surface area contributed by atoms with Crippen LogP contribution >= 0.6 is 0 Å². The Hall–Kier alpha value is -3.07. The van der Waals surface area contributed by atoms with Crippen LogP contribution in [0, 0.1) is 5.92 Å². The summed E-state index contributed by atoms with van der Waals surface area (Å²) in [4.78, 5) is 7.10. The maximum atomic E-state index is 4.83. The number of rotatable bonds is 4. The molecule has 28 heavy (non-hydrogen) atoms. The summed E-state index contributed by atoms with van der Waals surface area (Å²) >= 11 is 0. The third-order valence-corrected chi connectivity index (χ3v) is 5.28. The summed E-state index contributed by atoms with van der Waals surface area (Å²) in [6.45, 7) is 3.98. The first-order valence-corrected chi connectivity index (χ1v) is 9.98. The summed E-state index contributed by atoms with van der Waals surface area (Å²) < 4.78 is 0. The minimum Gasteiger partial charge on any atom is -0.372 e. The minimum absolute atomic E-state index is 0.618. The molecular weight excluding hydrogens is 342 g/mol. The van der Waals surface area contributed by atoms with Crippen LogP contribution in [-0.2, 0) is 0 Å². The minimum atomic E-state index is 0.618. The molecule has 1 unspecified atom stereocenters. The lowest BCUT2D eigenvalue weighted by Gasteiger charge is -2.18. The van der Waals surface area contributed by atoms with E-state index in [0.29, 0.717) is 5.92 Å². The van der Waals surface area contributed by atoms with Gasteiger partial charge < -0.3 is 10.2 Å². The van der Waals surface area contributed by atoms with Gasteiger partial charge >= 0.3 is 0 Å². The second-order valence-corrected chi connectivity index (χ2v) is 7.48. The fraction of sp³-hybridized carbons (Fsp3) is 0.240. The highest BCUT2D eigenvalue weighted by atomic mass is 15.1. The zero-order valence-corrected chi connectivity index (χ0v) is 16.6. The molecule has 0 fully saturated rings. The topological polar surface area (TPSA) is 27.6 Å². The van der Waals surface area contributed by atoms with Crippen molar-refractivity contribution in [3.63, 3.8) is 0 Å². The van der Waals surface area contributed by atoms with Gasteiger partial charge in [0.25, 0.3) is 0 Å². The summed E-state index contributed by atoms with van der Waals surface area (Å²) in [6.07, 6.45) is 12.1. The predicted octanol–water partition coefficient (Wildman–Crippen LogP) is 5.53. The Kier molecular flexibility index (Phi) is 5.43. The standard InChI is InChI=1S/C25H27N3/c1-19-11-14-21(15-12-19)27-23-9-5-3-7-20(23)13-16-24-22-8-4-6-10-25(22)28(2)18-17-26-24/h3-11,13-16,19,27H,12,17-18H2,1-2H3/b16-13+. The van der Waals surface area contributed by atoms with Crippen molar-refractivity contribution in [1.82, 2.24) is 0 Å². The van der Waals surface area contributed by atoms with Crippen LogP contribution in [0.4, 0.5) is 11.4 Å². The van der Waals surface area contributed by atoms with Gasteiger partial charge in [0, 0.05) is 36.2 Å². The SMILES string of the molecule is CC1C=CC(Nc2ccccc2/C=C/C2=NCCN(C)c3ccccc32)=CC1. The zero-order valence-electron chi connectivity index (χ0n) is 16.6. The maximum absolute atomic E-state index is 4.83. The van der Waals surface area contributed by atoms with Crippen LogP contribution in [0.5, 0.6) is 0 Å². The number of para-hydroxylation sites is 2. The first kappa shape index (κ1) is 18.3. The maximum Gasteiger partial charge on any atom is 0.0668 e. The van der Waals surface area contributed by atoms with Gasteiger partial charge in [-0.2, -0.15) is 0 Å². The lowest BCUT2D eigenvalue weighted by Crippen LogP contribution is -2.20. The molecular formula is C25H27N3. The normalized spacial score (nSPS) is 19.1. The van der Waals surface area contributed by atoms with Crippen molar-refractivity contribution in [3.8, 4) is 0 Å². The monoisotopic (exact) mass is 369 g/mol. The highest BCUT2D eigenvalue weighted by Crippen LogP contribution is 2.25. The van der Waals surface area contributed by atoms with Gasteiger partial charge in [0.15, 0.2) is 0 Å². The molecule has 0 amide bonds. The Labute approximate surface area is 167 Å². The lowest BCUT2D eigenvalue weighted by atomic mass is 10.0. The molecule has 0 aromatic heterocycles. The summed E-state index contributed by atoms with van der Waals surface area (Å²) in [6, 6.07) is 16.9. The summed E-state index contributed by atoms with van der Waals surface area (Å²) in [5, 5.41) is 3.57. The number of hydrogen-bond donors (Lipinski definition) is 1. The van der Waals surface area contributed by atoms with Crippen LogP contribution in [-0.4, -0.2) is 25.8 Å². The van der Waals surface area contributed by atoms with Gasteiger partial charge in [-0.25, -0.2) is 0 Å². The number of aliphatic imine (C=N–C) groups is 1. The third-order valence-electron chi connectivity index (χ3n) is 5.28. The van der Waals surface area contributed by atoms with E-state index in [9.17, 15) is 0 Å². The van der Waals surface area contributed by atoms with Crippen LogP contribution in [0.15, 0.2) is 83.5 Å². The van der Waals surface area contributed by atoms with Gasteiger partial charge in [0.1, 0.15) is 0 Å². The molecule has 0 bridgehead atoms. The molecule has 4 rings (SSSR count). The van der Waals surface area contributed by atoms with Crippen molar-refractivity contribution in [2.24, 2.45) is 10.9 Å².